The number of para-hydroxylation sites is 1. The maximum absolute atomic E-state index is 12.6. The van der Waals surface area contributed by atoms with Gasteiger partial charge in [-0.25, -0.2) is 0 Å². The van der Waals surface area contributed by atoms with Gasteiger partial charge in [0.1, 0.15) is 0 Å². The van der Waals surface area contributed by atoms with E-state index in [0.717, 1.165) is 10.9 Å². The van der Waals surface area contributed by atoms with Crippen molar-refractivity contribution in [1.29, 1.82) is 0 Å². The summed E-state index contributed by atoms with van der Waals surface area (Å²) in [4.78, 5) is 15.6. The molecule has 3 aromatic rings. The lowest BCUT2D eigenvalue weighted by atomic mass is 10.0. The predicted molar refractivity (Wildman–Crippen MR) is 83.2 cm³/mol. The van der Waals surface area contributed by atoms with E-state index in [1.54, 1.807) is 36.5 Å². The van der Waals surface area contributed by atoms with Crippen LogP contribution in [0.25, 0.3) is 10.9 Å². The molecule has 20 heavy (non-hydrogen) atoms. The molecular weight excluding hydrogens is 317 g/mol. The molecule has 2 aromatic carbocycles. The van der Waals surface area contributed by atoms with Gasteiger partial charge in [0.05, 0.1) is 15.6 Å². The zero-order valence-electron chi connectivity index (χ0n) is 10.1. The van der Waals surface area contributed by atoms with Crippen LogP contribution >= 0.6 is 34.8 Å². The lowest BCUT2D eigenvalue weighted by Gasteiger charge is -2.03. The third-order valence-corrected chi connectivity index (χ3v) is 3.96. The third kappa shape index (κ3) is 2.20. The number of fused-ring (bicyclic) bond motifs is 1. The van der Waals surface area contributed by atoms with Gasteiger partial charge in [-0.15, -0.1) is 0 Å². The minimum absolute atomic E-state index is 0.189. The SMILES string of the molecule is O=C(c1cc(Cl)ccc1Cl)c1c[nH]c2c(Cl)cccc12. The molecule has 0 fully saturated rings. The third-order valence-electron chi connectivity index (χ3n) is 3.08. The van der Waals surface area contributed by atoms with Gasteiger partial charge in [0.2, 0.25) is 0 Å². The molecule has 0 saturated carbocycles. The molecule has 0 spiro atoms. The molecule has 1 aromatic heterocycles. The molecule has 0 aliphatic rings. The maximum Gasteiger partial charge on any atom is 0.196 e. The van der Waals surface area contributed by atoms with Gasteiger partial charge in [0.15, 0.2) is 5.78 Å². The van der Waals surface area contributed by atoms with Crippen molar-refractivity contribution in [3.63, 3.8) is 0 Å². The van der Waals surface area contributed by atoms with Crippen LogP contribution in [-0.2, 0) is 0 Å². The molecular formula is C15H8Cl3NO. The quantitative estimate of drug-likeness (QED) is 0.632. The summed E-state index contributed by atoms with van der Waals surface area (Å²) in [5, 5.41) is 2.17. The number of rotatable bonds is 2. The van der Waals surface area contributed by atoms with Gasteiger partial charge in [-0.3, -0.25) is 4.79 Å². The number of carbonyl (C=O) groups is 1. The molecule has 0 aliphatic heterocycles. The average Bonchev–Trinajstić information content (AvgIpc) is 2.86. The van der Waals surface area contributed by atoms with Gasteiger partial charge in [-0.2, -0.15) is 0 Å². The molecule has 2 nitrogen and oxygen atoms in total. The summed E-state index contributed by atoms with van der Waals surface area (Å²) < 4.78 is 0. The number of H-pyrrole nitrogens is 1. The van der Waals surface area contributed by atoms with E-state index < -0.39 is 0 Å². The highest BCUT2D eigenvalue weighted by Gasteiger charge is 2.18. The van der Waals surface area contributed by atoms with Crippen molar-refractivity contribution in [2.75, 3.05) is 0 Å². The molecule has 5 heteroatoms. The Bertz CT molecular complexity index is 823. The van der Waals surface area contributed by atoms with Crippen molar-refractivity contribution in [1.82, 2.24) is 4.98 Å². The number of hydrogen-bond donors (Lipinski definition) is 1. The van der Waals surface area contributed by atoms with Crippen molar-refractivity contribution in [3.8, 4) is 0 Å². The Morgan fingerprint density at radius 3 is 2.55 bits per heavy atom. The number of halogens is 3. The van der Waals surface area contributed by atoms with E-state index in [4.69, 9.17) is 34.8 Å². The maximum atomic E-state index is 12.6. The van der Waals surface area contributed by atoms with E-state index in [9.17, 15) is 4.79 Å². The van der Waals surface area contributed by atoms with Gasteiger partial charge in [-0.05, 0) is 24.3 Å². The van der Waals surface area contributed by atoms with E-state index in [1.165, 1.54) is 0 Å². The zero-order valence-corrected chi connectivity index (χ0v) is 12.4. The highest BCUT2D eigenvalue weighted by Crippen LogP contribution is 2.29. The first-order valence-electron chi connectivity index (χ1n) is 5.83. The topological polar surface area (TPSA) is 32.9 Å². The normalized spacial score (nSPS) is 10.9. The van der Waals surface area contributed by atoms with E-state index in [0.29, 0.717) is 26.2 Å². The van der Waals surface area contributed by atoms with Gasteiger partial charge < -0.3 is 4.98 Å². The number of aromatic amines is 1. The second kappa shape index (κ2) is 5.13. The Kier molecular flexibility index (Phi) is 3.47. The van der Waals surface area contributed by atoms with Crippen LogP contribution in [0.1, 0.15) is 15.9 Å². The fourth-order valence-electron chi connectivity index (χ4n) is 2.12. The van der Waals surface area contributed by atoms with Crippen molar-refractivity contribution < 1.29 is 4.79 Å². The first kappa shape index (κ1) is 13.5. The van der Waals surface area contributed by atoms with E-state index in [-0.39, 0.29) is 5.78 Å². The first-order chi connectivity index (χ1) is 9.58. The predicted octanol–water partition coefficient (Wildman–Crippen LogP) is 5.36. The molecule has 0 amide bonds. The van der Waals surface area contributed by atoms with Gasteiger partial charge in [-0.1, -0.05) is 46.9 Å². The number of hydrogen-bond acceptors (Lipinski definition) is 1. The smallest absolute Gasteiger partial charge is 0.196 e. The van der Waals surface area contributed by atoms with Crippen LogP contribution in [-0.4, -0.2) is 10.8 Å². The molecule has 0 aliphatic carbocycles. The standard InChI is InChI=1S/C15H8Cl3NO/c16-8-4-5-12(17)10(6-8)15(20)11-7-19-14-9(11)2-1-3-13(14)18/h1-7,19H. The van der Waals surface area contributed by atoms with E-state index in [2.05, 4.69) is 4.98 Å². The van der Waals surface area contributed by atoms with E-state index in [1.807, 2.05) is 6.07 Å². The van der Waals surface area contributed by atoms with E-state index >= 15 is 0 Å². The van der Waals surface area contributed by atoms with Crippen molar-refractivity contribution >= 4 is 51.5 Å². The zero-order chi connectivity index (χ0) is 14.3. The van der Waals surface area contributed by atoms with Crippen molar-refractivity contribution in [2.45, 2.75) is 0 Å². The molecule has 0 radical (unpaired) electrons. The monoisotopic (exact) mass is 323 g/mol. The number of ketones is 1. The second-order valence-corrected chi connectivity index (χ2v) is 5.57. The number of aromatic nitrogens is 1. The average molecular weight is 325 g/mol. The highest BCUT2D eigenvalue weighted by atomic mass is 35.5. The van der Waals surface area contributed by atoms with Crippen LogP contribution < -0.4 is 0 Å². The summed E-state index contributed by atoms with van der Waals surface area (Å²) in [6, 6.07) is 10.2. The fourth-order valence-corrected chi connectivity index (χ4v) is 2.73. The molecule has 0 atom stereocenters. The molecule has 3 rings (SSSR count). The molecule has 0 unspecified atom stereocenters. The Morgan fingerprint density at radius 1 is 0.950 bits per heavy atom. The number of nitrogens with one attached hydrogen (secondary N) is 1. The molecule has 100 valence electrons. The summed E-state index contributed by atoms with van der Waals surface area (Å²) in [6.07, 6.45) is 1.64. The van der Waals surface area contributed by atoms with Crippen LogP contribution in [0.5, 0.6) is 0 Å². The molecule has 0 bridgehead atoms. The van der Waals surface area contributed by atoms with Crippen molar-refractivity contribution in [2.24, 2.45) is 0 Å². The Balaban J connectivity index is 2.18. The minimum Gasteiger partial charge on any atom is -0.359 e. The summed E-state index contributed by atoms with van der Waals surface area (Å²) in [5.41, 5.74) is 1.63. The molecule has 1 heterocycles. The van der Waals surface area contributed by atoms with Crippen LogP contribution in [0.2, 0.25) is 15.1 Å². The van der Waals surface area contributed by atoms with Gasteiger partial charge >= 0.3 is 0 Å². The van der Waals surface area contributed by atoms with Crippen molar-refractivity contribution in [3.05, 3.63) is 68.8 Å². The Morgan fingerprint density at radius 2 is 1.75 bits per heavy atom. The lowest BCUT2D eigenvalue weighted by Crippen LogP contribution is -2.01. The van der Waals surface area contributed by atoms with Gasteiger partial charge in [0.25, 0.3) is 0 Å². The lowest BCUT2D eigenvalue weighted by molar-refractivity contribution is 0.104. The highest BCUT2D eigenvalue weighted by molar-refractivity contribution is 6.38. The van der Waals surface area contributed by atoms with Gasteiger partial charge in [0, 0.05) is 27.7 Å². The number of benzene rings is 2. The molecule has 1 N–H and O–H groups in total. The largest absolute Gasteiger partial charge is 0.359 e. The molecule has 0 saturated heterocycles. The Labute approximate surface area is 130 Å². The van der Waals surface area contributed by atoms with Crippen LogP contribution in [0.15, 0.2) is 42.6 Å². The van der Waals surface area contributed by atoms with Crippen LogP contribution in [0.4, 0.5) is 0 Å². The number of carbonyl (C=O) groups excluding carboxylic acids is 1. The fraction of sp³-hybridized carbons (Fsp3) is 0. The Hall–Kier alpha value is -1.48. The second-order valence-electron chi connectivity index (χ2n) is 4.32. The minimum atomic E-state index is -0.189. The summed E-state index contributed by atoms with van der Waals surface area (Å²) in [6.45, 7) is 0. The summed E-state index contributed by atoms with van der Waals surface area (Å²) in [5.74, 6) is -0.189. The van der Waals surface area contributed by atoms with Crippen LogP contribution in [0, 0.1) is 0 Å². The summed E-state index contributed by atoms with van der Waals surface area (Å²) >= 11 is 18.1. The summed E-state index contributed by atoms with van der Waals surface area (Å²) in [7, 11) is 0. The first-order valence-corrected chi connectivity index (χ1v) is 6.96. The van der Waals surface area contributed by atoms with Crippen LogP contribution in [0.3, 0.4) is 0 Å².